The number of anilines is 1. The second-order valence-electron chi connectivity index (χ2n) is 7.42. The van der Waals surface area contributed by atoms with Crippen LogP contribution in [0.4, 0.5) is 5.69 Å². The molecule has 0 heterocycles. The van der Waals surface area contributed by atoms with Gasteiger partial charge in [0.1, 0.15) is 5.78 Å². The maximum Gasteiger partial charge on any atom is 0.227 e. The Morgan fingerprint density at radius 1 is 1.04 bits per heavy atom. The summed E-state index contributed by atoms with van der Waals surface area (Å²) >= 11 is 0. The van der Waals surface area contributed by atoms with Gasteiger partial charge in [-0.15, -0.1) is 0 Å². The van der Waals surface area contributed by atoms with Crippen molar-refractivity contribution in [2.24, 2.45) is 11.8 Å². The number of ketones is 1. The molecule has 3 atom stereocenters. The minimum atomic E-state index is -0.426. The number of fused-ring (bicyclic) bond motifs is 1. The summed E-state index contributed by atoms with van der Waals surface area (Å²) < 4.78 is 5.30. The van der Waals surface area contributed by atoms with Crippen LogP contribution in [0.2, 0.25) is 0 Å². The van der Waals surface area contributed by atoms with Gasteiger partial charge in [-0.1, -0.05) is 43.3 Å². The summed E-state index contributed by atoms with van der Waals surface area (Å²) in [6, 6.07) is 13.7. The van der Waals surface area contributed by atoms with E-state index < -0.39 is 5.92 Å². The molecule has 0 aliphatic heterocycles. The molecule has 152 valence electrons. The van der Waals surface area contributed by atoms with Crippen LogP contribution >= 0.6 is 0 Å². The van der Waals surface area contributed by atoms with Gasteiger partial charge in [-0.2, -0.15) is 0 Å². The first-order valence-corrected chi connectivity index (χ1v) is 9.91. The van der Waals surface area contributed by atoms with Gasteiger partial charge in [-0.05, 0) is 37.6 Å². The predicted octanol–water partition coefficient (Wildman–Crippen LogP) is 4.19. The van der Waals surface area contributed by atoms with Crippen molar-refractivity contribution < 1.29 is 19.4 Å². The number of hydrogen-bond donors (Lipinski definition) is 2. The van der Waals surface area contributed by atoms with Crippen LogP contribution in [0.25, 0.3) is 10.8 Å². The number of carbonyl (C=O) groups is 2. The lowest BCUT2D eigenvalue weighted by atomic mass is 9.89. The van der Waals surface area contributed by atoms with E-state index in [-0.39, 0.29) is 36.7 Å². The average Bonchev–Trinajstić information content (AvgIpc) is 2.70. The maximum atomic E-state index is 13.0. The number of carbonyl (C=O) groups excluding carboxylic acids is 2. The predicted molar refractivity (Wildman–Crippen MR) is 112 cm³/mol. The summed E-state index contributed by atoms with van der Waals surface area (Å²) in [5, 5.41) is 14.1. The Labute approximate surface area is 167 Å². The zero-order valence-electron chi connectivity index (χ0n) is 17.0. The minimum absolute atomic E-state index is 0.0113. The van der Waals surface area contributed by atoms with E-state index in [0.717, 1.165) is 16.5 Å². The van der Waals surface area contributed by atoms with Crippen LogP contribution in [0.5, 0.6) is 0 Å². The van der Waals surface area contributed by atoms with Crippen molar-refractivity contribution in [3.8, 4) is 0 Å². The first-order chi connectivity index (χ1) is 13.5. The maximum absolute atomic E-state index is 13.0. The van der Waals surface area contributed by atoms with Gasteiger partial charge in [0.15, 0.2) is 0 Å². The molecule has 1 amide bonds. The minimum Gasteiger partial charge on any atom is -0.396 e. The second-order valence-corrected chi connectivity index (χ2v) is 7.42. The Bertz CT molecular complexity index is 784. The third-order valence-electron chi connectivity index (χ3n) is 5.30. The van der Waals surface area contributed by atoms with Crippen molar-refractivity contribution >= 4 is 28.2 Å². The largest absolute Gasteiger partial charge is 0.396 e. The van der Waals surface area contributed by atoms with Crippen LogP contribution in [0, 0.1) is 11.8 Å². The number of amides is 1. The molecule has 0 aliphatic carbocycles. The lowest BCUT2D eigenvalue weighted by Gasteiger charge is -2.20. The molecule has 2 aromatic carbocycles. The van der Waals surface area contributed by atoms with Crippen molar-refractivity contribution in [2.45, 2.75) is 45.6 Å². The molecule has 2 rings (SSSR count). The highest BCUT2D eigenvalue weighted by Crippen LogP contribution is 2.25. The van der Waals surface area contributed by atoms with Gasteiger partial charge in [-0.3, -0.25) is 9.59 Å². The second kappa shape index (κ2) is 10.9. The lowest BCUT2D eigenvalue weighted by Crippen LogP contribution is -2.28. The fourth-order valence-electron chi connectivity index (χ4n) is 3.25. The molecular formula is C23H31NO4. The normalized spacial score (nSPS) is 14.4. The standard InChI is InChI=1S/C23H31NO4/c1-16(13-14-25)22(26)15-19(12-11-17(2)28-3)23(27)24-21-10-6-8-18-7-4-5-9-20(18)21/h4-10,16-17,19,25H,11-15H2,1-3H3,(H,24,27)/t16-,17?,19?/m0/s1. The first kappa shape index (κ1) is 22.1. The summed E-state index contributed by atoms with van der Waals surface area (Å²) in [5.41, 5.74) is 0.753. The number of benzene rings is 2. The van der Waals surface area contributed by atoms with Crippen LogP contribution in [-0.2, 0) is 14.3 Å². The molecule has 0 aliphatic rings. The number of aliphatic hydroxyl groups is 1. The van der Waals surface area contributed by atoms with Crippen LogP contribution < -0.4 is 5.32 Å². The van der Waals surface area contributed by atoms with Gasteiger partial charge in [0.25, 0.3) is 0 Å². The number of nitrogens with one attached hydrogen (secondary N) is 1. The van der Waals surface area contributed by atoms with Gasteiger partial charge >= 0.3 is 0 Å². The third-order valence-corrected chi connectivity index (χ3v) is 5.30. The van der Waals surface area contributed by atoms with Crippen LogP contribution in [0.15, 0.2) is 42.5 Å². The van der Waals surface area contributed by atoms with E-state index in [2.05, 4.69) is 5.32 Å². The molecule has 0 bridgehead atoms. The van der Waals surface area contributed by atoms with E-state index in [1.165, 1.54) is 0 Å². The molecule has 5 nitrogen and oxygen atoms in total. The molecule has 2 N–H and O–H groups in total. The van der Waals surface area contributed by atoms with E-state index in [4.69, 9.17) is 9.84 Å². The number of ether oxygens (including phenoxy) is 1. The van der Waals surface area contributed by atoms with E-state index in [9.17, 15) is 9.59 Å². The highest BCUT2D eigenvalue weighted by molar-refractivity contribution is 6.03. The van der Waals surface area contributed by atoms with Gasteiger partial charge in [0, 0.05) is 43.0 Å². The molecule has 0 fully saturated rings. The highest BCUT2D eigenvalue weighted by Gasteiger charge is 2.25. The van der Waals surface area contributed by atoms with E-state index >= 15 is 0 Å². The Balaban J connectivity index is 2.15. The third kappa shape index (κ3) is 6.14. The van der Waals surface area contributed by atoms with Crippen LogP contribution in [0.1, 0.15) is 39.5 Å². The van der Waals surface area contributed by atoms with Gasteiger partial charge in [-0.25, -0.2) is 0 Å². The quantitative estimate of drug-likeness (QED) is 0.608. The van der Waals surface area contributed by atoms with E-state index in [1.54, 1.807) is 14.0 Å². The number of methoxy groups -OCH3 is 1. The number of Topliss-reactive ketones (excluding diaryl/α,β-unsaturated/α-hetero) is 1. The lowest BCUT2D eigenvalue weighted by molar-refractivity contribution is -0.128. The van der Waals surface area contributed by atoms with Gasteiger partial charge in [0.2, 0.25) is 5.91 Å². The molecular weight excluding hydrogens is 354 g/mol. The zero-order chi connectivity index (χ0) is 20.5. The fourth-order valence-corrected chi connectivity index (χ4v) is 3.25. The molecule has 0 saturated heterocycles. The summed E-state index contributed by atoms with van der Waals surface area (Å²) in [6.45, 7) is 3.73. The van der Waals surface area contributed by atoms with Crippen LogP contribution in [-0.4, -0.2) is 36.6 Å². The molecule has 5 heteroatoms. The Morgan fingerprint density at radius 2 is 1.75 bits per heavy atom. The zero-order valence-corrected chi connectivity index (χ0v) is 17.0. The van der Waals surface area contributed by atoms with E-state index in [0.29, 0.717) is 19.3 Å². The molecule has 0 radical (unpaired) electrons. The van der Waals surface area contributed by atoms with Crippen molar-refractivity contribution in [2.75, 3.05) is 19.0 Å². The van der Waals surface area contributed by atoms with Crippen molar-refractivity contribution in [1.29, 1.82) is 0 Å². The molecule has 2 aromatic rings. The number of rotatable bonds is 11. The Morgan fingerprint density at radius 3 is 2.46 bits per heavy atom. The Hall–Kier alpha value is -2.24. The first-order valence-electron chi connectivity index (χ1n) is 9.91. The molecule has 28 heavy (non-hydrogen) atoms. The highest BCUT2D eigenvalue weighted by atomic mass is 16.5. The molecule has 0 saturated carbocycles. The van der Waals surface area contributed by atoms with Crippen LogP contribution in [0.3, 0.4) is 0 Å². The summed E-state index contributed by atoms with van der Waals surface area (Å²) in [6.07, 6.45) is 1.89. The summed E-state index contributed by atoms with van der Waals surface area (Å²) in [7, 11) is 1.64. The van der Waals surface area contributed by atoms with Gasteiger partial charge in [0.05, 0.1) is 6.10 Å². The van der Waals surface area contributed by atoms with Crippen molar-refractivity contribution in [3.05, 3.63) is 42.5 Å². The molecule has 0 aromatic heterocycles. The summed E-state index contributed by atoms with van der Waals surface area (Å²) in [5.74, 6) is -0.815. The monoisotopic (exact) mass is 385 g/mol. The van der Waals surface area contributed by atoms with E-state index in [1.807, 2.05) is 49.4 Å². The number of hydrogen-bond acceptors (Lipinski definition) is 4. The summed E-state index contributed by atoms with van der Waals surface area (Å²) in [4.78, 5) is 25.5. The van der Waals surface area contributed by atoms with Crippen molar-refractivity contribution in [1.82, 2.24) is 0 Å². The van der Waals surface area contributed by atoms with Crippen molar-refractivity contribution in [3.63, 3.8) is 0 Å². The molecule has 2 unspecified atom stereocenters. The average molecular weight is 386 g/mol. The Kier molecular flexibility index (Phi) is 8.61. The van der Waals surface area contributed by atoms with Gasteiger partial charge < -0.3 is 15.2 Å². The smallest absolute Gasteiger partial charge is 0.227 e. The fraction of sp³-hybridized carbons (Fsp3) is 0.478. The number of aliphatic hydroxyl groups excluding tert-OH is 1. The topological polar surface area (TPSA) is 75.6 Å². The SMILES string of the molecule is COC(C)CCC(CC(=O)[C@@H](C)CCO)C(=O)Nc1cccc2ccccc12. The molecule has 0 spiro atoms.